The summed E-state index contributed by atoms with van der Waals surface area (Å²) in [5.74, 6) is 0. The maximum atomic E-state index is 5.49. The van der Waals surface area contributed by atoms with E-state index in [0.29, 0.717) is 0 Å². The fraction of sp³-hybridized carbons (Fsp3) is 0.400. The molecular weight excluding hydrogens is 298 g/mol. The quantitative estimate of drug-likeness (QED) is 0.845. The fourth-order valence-electron chi connectivity index (χ4n) is 3.62. The molecule has 4 nitrogen and oxygen atoms in total. The van der Waals surface area contributed by atoms with Crippen LogP contribution in [0.3, 0.4) is 0 Å². The van der Waals surface area contributed by atoms with Crippen molar-refractivity contribution in [1.82, 2.24) is 4.90 Å². The van der Waals surface area contributed by atoms with E-state index < -0.39 is 0 Å². The second-order valence-corrected chi connectivity index (χ2v) is 6.64. The lowest BCUT2D eigenvalue weighted by Gasteiger charge is -2.30. The van der Waals surface area contributed by atoms with E-state index in [9.17, 15) is 0 Å². The van der Waals surface area contributed by atoms with Gasteiger partial charge in [-0.25, -0.2) is 0 Å². The maximum Gasteiger partial charge on any atom is 0.0642 e. The predicted octanol–water partition coefficient (Wildman–Crippen LogP) is 3.11. The minimum atomic E-state index is 0.827. The topological polar surface area (TPSA) is 19.0 Å². The number of anilines is 3. The average molecular weight is 323 g/mol. The molecule has 1 fully saturated rings. The van der Waals surface area contributed by atoms with Gasteiger partial charge in [0.05, 0.1) is 13.2 Å². The lowest BCUT2D eigenvalue weighted by Crippen LogP contribution is -2.36. The minimum absolute atomic E-state index is 0.827. The molecule has 0 bridgehead atoms. The van der Waals surface area contributed by atoms with Crippen molar-refractivity contribution in [2.45, 2.75) is 6.54 Å². The summed E-state index contributed by atoms with van der Waals surface area (Å²) in [7, 11) is 2.21. The summed E-state index contributed by atoms with van der Waals surface area (Å²) in [6.45, 7) is 6.70. The molecule has 2 aliphatic heterocycles. The van der Waals surface area contributed by atoms with Crippen LogP contribution in [0, 0.1) is 0 Å². The molecule has 2 aromatic rings. The predicted molar refractivity (Wildman–Crippen MR) is 99.3 cm³/mol. The average Bonchev–Trinajstić information content (AvgIpc) is 2.80. The van der Waals surface area contributed by atoms with E-state index in [2.05, 4.69) is 70.3 Å². The zero-order chi connectivity index (χ0) is 16.4. The van der Waals surface area contributed by atoms with Crippen LogP contribution in [0.1, 0.15) is 5.56 Å². The Morgan fingerprint density at radius 1 is 0.833 bits per heavy atom. The van der Waals surface area contributed by atoms with Gasteiger partial charge >= 0.3 is 0 Å². The molecular formula is C20H25N3O. The van der Waals surface area contributed by atoms with Gasteiger partial charge in [0, 0.05) is 49.8 Å². The highest BCUT2D eigenvalue weighted by Crippen LogP contribution is 2.34. The minimum Gasteiger partial charge on any atom is -0.378 e. The monoisotopic (exact) mass is 323 g/mol. The van der Waals surface area contributed by atoms with E-state index in [1.807, 2.05) is 0 Å². The van der Waals surface area contributed by atoms with E-state index in [1.165, 1.54) is 22.6 Å². The van der Waals surface area contributed by atoms with Crippen LogP contribution in [0.25, 0.3) is 0 Å². The third-order valence-corrected chi connectivity index (χ3v) is 4.94. The molecule has 126 valence electrons. The maximum absolute atomic E-state index is 5.49. The largest absolute Gasteiger partial charge is 0.378 e. The zero-order valence-electron chi connectivity index (χ0n) is 14.3. The number of hydrogen-bond donors (Lipinski definition) is 0. The Kier molecular flexibility index (Phi) is 4.41. The highest BCUT2D eigenvalue weighted by Gasteiger charge is 2.21. The van der Waals surface area contributed by atoms with Crippen molar-refractivity contribution in [2.24, 2.45) is 0 Å². The summed E-state index contributed by atoms with van der Waals surface area (Å²) >= 11 is 0. The molecule has 0 radical (unpaired) electrons. The van der Waals surface area contributed by atoms with Gasteiger partial charge < -0.3 is 19.4 Å². The number of nitrogens with zero attached hydrogens (tertiary/aromatic N) is 3. The molecule has 24 heavy (non-hydrogen) atoms. The third-order valence-electron chi connectivity index (χ3n) is 4.94. The van der Waals surface area contributed by atoms with E-state index in [0.717, 1.165) is 45.9 Å². The van der Waals surface area contributed by atoms with Crippen LogP contribution in [0.2, 0.25) is 0 Å². The number of hydrogen-bond acceptors (Lipinski definition) is 4. The zero-order valence-corrected chi connectivity index (χ0v) is 14.3. The van der Waals surface area contributed by atoms with E-state index >= 15 is 0 Å². The van der Waals surface area contributed by atoms with E-state index in [-0.39, 0.29) is 0 Å². The molecule has 2 aliphatic rings. The van der Waals surface area contributed by atoms with Gasteiger partial charge in [-0.3, -0.25) is 0 Å². The molecule has 1 saturated heterocycles. The first kappa shape index (κ1) is 15.5. The van der Waals surface area contributed by atoms with Crippen LogP contribution < -0.4 is 9.80 Å². The molecule has 0 spiro atoms. The summed E-state index contributed by atoms with van der Waals surface area (Å²) in [5.41, 5.74) is 5.33. The highest BCUT2D eigenvalue weighted by atomic mass is 16.5. The van der Waals surface area contributed by atoms with Crippen molar-refractivity contribution in [1.29, 1.82) is 0 Å². The van der Waals surface area contributed by atoms with Crippen molar-refractivity contribution in [3.63, 3.8) is 0 Å². The second-order valence-electron chi connectivity index (χ2n) is 6.64. The van der Waals surface area contributed by atoms with Crippen molar-refractivity contribution < 1.29 is 4.74 Å². The molecule has 2 heterocycles. The molecule has 4 heteroatoms. The molecule has 0 aromatic heterocycles. The number of rotatable bonds is 2. The number of ether oxygens (including phenoxy) is 1. The lowest BCUT2D eigenvalue weighted by molar-refractivity contribution is 0.122. The summed E-state index contributed by atoms with van der Waals surface area (Å²) in [4.78, 5) is 7.29. The summed E-state index contributed by atoms with van der Waals surface area (Å²) < 4.78 is 5.49. The smallest absolute Gasteiger partial charge is 0.0642 e. The molecule has 0 unspecified atom stereocenters. The van der Waals surface area contributed by atoms with Gasteiger partial charge in [-0.05, 0) is 42.9 Å². The Morgan fingerprint density at radius 3 is 2.42 bits per heavy atom. The van der Waals surface area contributed by atoms with Crippen LogP contribution in [0.4, 0.5) is 17.1 Å². The SMILES string of the molecule is CN1CCN(c2ccccc2)c2ccc(N3CCOCC3)cc2C1. The molecule has 0 N–H and O–H groups in total. The Labute approximate surface area is 144 Å². The Balaban J connectivity index is 1.70. The van der Waals surface area contributed by atoms with Gasteiger partial charge in [0.2, 0.25) is 0 Å². The van der Waals surface area contributed by atoms with Crippen LogP contribution in [0.5, 0.6) is 0 Å². The van der Waals surface area contributed by atoms with Crippen molar-refractivity contribution in [3.05, 3.63) is 54.1 Å². The number of likely N-dealkylation sites (N-methyl/N-ethyl adjacent to an activating group) is 1. The van der Waals surface area contributed by atoms with E-state index in [4.69, 9.17) is 4.74 Å². The number of morpholine rings is 1. The molecule has 0 aliphatic carbocycles. The van der Waals surface area contributed by atoms with Gasteiger partial charge in [0.15, 0.2) is 0 Å². The molecule has 0 saturated carbocycles. The molecule has 0 amide bonds. The van der Waals surface area contributed by atoms with Crippen LogP contribution in [-0.2, 0) is 11.3 Å². The highest BCUT2D eigenvalue weighted by molar-refractivity contribution is 5.70. The first-order valence-corrected chi connectivity index (χ1v) is 8.78. The van der Waals surface area contributed by atoms with Crippen LogP contribution >= 0.6 is 0 Å². The molecule has 2 aromatic carbocycles. The summed E-state index contributed by atoms with van der Waals surface area (Å²) in [6, 6.07) is 17.7. The summed E-state index contributed by atoms with van der Waals surface area (Å²) in [6.07, 6.45) is 0. The Morgan fingerprint density at radius 2 is 1.62 bits per heavy atom. The van der Waals surface area contributed by atoms with Crippen molar-refractivity contribution >= 4 is 17.1 Å². The molecule has 0 atom stereocenters. The first-order chi connectivity index (χ1) is 11.8. The fourth-order valence-corrected chi connectivity index (χ4v) is 3.62. The summed E-state index contributed by atoms with van der Waals surface area (Å²) in [5, 5.41) is 0. The van der Waals surface area contributed by atoms with Gasteiger partial charge in [0.1, 0.15) is 0 Å². The van der Waals surface area contributed by atoms with Gasteiger partial charge in [-0.1, -0.05) is 18.2 Å². The lowest BCUT2D eigenvalue weighted by atomic mass is 10.1. The van der Waals surface area contributed by atoms with Crippen molar-refractivity contribution in [2.75, 3.05) is 56.2 Å². The number of para-hydroxylation sites is 1. The Bertz CT molecular complexity index is 683. The normalized spacial score (nSPS) is 19.0. The standard InChI is InChI=1S/C20H25N3O/c1-21-9-10-23(18-5-3-2-4-6-18)20-8-7-19(15-17(20)16-21)22-11-13-24-14-12-22/h2-8,15H,9-14,16H2,1H3. The van der Waals surface area contributed by atoms with E-state index in [1.54, 1.807) is 0 Å². The molecule has 4 rings (SSSR count). The van der Waals surface area contributed by atoms with Crippen LogP contribution in [-0.4, -0.2) is 51.3 Å². The van der Waals surface area contributed by atoms with Gasteiger partial charge in [-0.2, -0.15) is 0 Å². The number of benzene rings is 2. The second kappa shape index (κ2) is 6.83. The van der Waals surface area contributed by atoms with Gasteiger partial charge in [-0.15, -0.1) is 0 Å². The van der Waals surface area contributed by atoms with Crippen LogP contribution in [0.15, 0.2) is 48.5 Å². The third kappa shape index (κ3) is 3.12. The number of fused-ring (bicyclic) bond motifs is 1. The van der Waals surface area contributed by atoms with Crippen molar-refractivity contribution in [3.8, 4) is 0 Å². The Hall–Kier alpha value is -2.04. The first-order valence-electron chi connectivity index (χ1n) is 8.78. The van der Waals surface area contributed by atoms with Gasteiger partial charge in [0.25, 0.3) is 0 Å².